The highest BCUT2D eigenvalue weighted by Gasteiger charge is 2.20. The Hall–Kier alpha value is -1.91. The molecule has 10 heteroatoms. The summed E-state index contributed by atoms with van der Waals surface area (Å²) < 4.78 is 4.85. The SMILES string of the molecule is CNOC.CON(C)C(=O)C(C)C.C[C@H](NC(=O)OC(C)(C)C)C(=O)O. The fourth-order valence-electron chi connectivity index (χ4n) is 1.000. The van der Waals surface area contributed by atoms with Gasteiger partial charge in [0.15, 0.2) is 0 Å². The van der Waals surface area contributed by atoms with Crippen LogP contribution in [0.25, 0.3) is 0 Å². The summed E-state index contributed by atoms with van der Waals surface area (Å²) >= 11 is 0. The molecule has 0 aromatic carbocycles. The molecule has 0 aliphatic heterocycles. The minimum absolute atomic E-state index is 0.00231. The van der Waals surface area contributed by atoms with Gasteiger partial charge in [-0.15, -0.1) is 0 Å². The molecule has 0 heterocycles. The summed E-state index contributed by atoms with van der Waals surface area (Å²) in [5.41, 5.74) is 1.82. The maximum absolute atomic E-state index is 11.0. The van der Waals surface area contributed by atoms with E-state index in [1.165, 1.54) is 19.1 Å². The lowest BCUT2D eigenvalue weighted by Crippen LogP contribution is -2.41. The molecular formula is C16H35N3O7. The Morgan fingerprint density at radius 3 is 1.69 bits per heavy atom. The van der Waals surface area contributed by atoms with Crippen molar-refractivity contribution in [2.24, 2.45) is 5.92 Å². The summed E-state index contributed by atoms with van der Waals surface area (Å²) in [6.07, 6.45) is -0.720. The van der Waals surface area contributed by atoms with Gasteiger partial charge >= 0.3 is 12.1 Å². The lowest BCUT2D eigenvalue weighted by Gasteiger charge is -2.20. The fraction of sp³-hybridized carbons (Fsp3) is 0.812. The molecule has 0 aromatic heterocycles. The first-order valence-electron chi connectivity index (χ1n) is 7.97. The first-order chi connectivity index (χ1) is 11.7. The predicted octanol–water partition coefficient (Wildman–Crippen LogP) is 1.41. The second-order valence-corrected chi connectivity index (χ2v) is 6.29. The van der Waals surface area contributed by atoms with E-state index in [4.69, 9.17) is 9.84 Å². The number of aliphatic carboxylic acids is 1. The topological polar surface area (TPSA) is 126 Å². The number of nitrogens with one attached hydrogen (secondary N) is 2. The number of ether oxygens (including phenoxy) is 1. The summed E-state index contributed by atoms with van der Waals surface area (Å²) in [5.74, 6) is -1.08. The molecule has 2 amide bonds. The maximum atomic E-state index is 11.0. The molecule has 0 saturated carbocycles. The monoisotopic (exact) mass is 381 g/mol. The molecule has 156 valence electrons. The minimum atomic E-state index is -1.09. The number of carboxylic acids is 1. The van der Waals surface area contributed by atoms with Crippen LogP contribution in [0.1, 0.15) is 41.5 Å². The van der Waals surface area contributed by atoms with E-state index in [0.717, 1.165) is 0 Å². The van der Waals surface area contributed by atoms with Gasteiger partial charge in [0.25, 0.3) is 0 Å². The number of hydroxylamine groups is 3. The number of hydrogen-bond acceptors (Lipinski definition) is 7. The van der Waals surface area contributed by atoms with Crippen molar-refractivity contribution < 1.29 is 33.9 Å². The van der Waals surface area contributed by atoms with E-state index in [9.17, 15) is 14.4 Å². The quantitative estimate of drug-likeness (QED) is 0.610. The van der Waals surface area contributed by atoms with Crippen LogP contribution < -0.4 is 10.8 Å². The molecule has 0 radical (unpaired) electrons. The Labute approximate surface area is 156 Å². The highest BCUT2D eigenvalue weighted by atomic mass is 16.7. The molecule has 0 aromatic rings. The lowest BCUT2D eigenvalue weighted by molar-refractivity contribution is -0.172. The number of hydrogen-bond donors (Lipinski definition) is 3. The van der Waals surface area contributed by atoms with Gasteiger partial charge in [-0.25, -0.2) is 15.3 Å². The van der Waals surface area contributed by atoms with Crippen molar-refractivity contribution in [3.63, 3.8) is 0 Å². The number of amides is 2. The van der Waals surface area contributed by atoms with Gasteiger partial charge in [0.05, 0.1) is 14.2 Å². The molecule has 0 bridgehead atoms. The standard InChI is InChI=1S/C8H15NO4.C6H13NO2.C2H7NO/c1-5(6(10)11)9-7(12)13-8(2,3)4;1-5(2)6(8)7(3)9-4;1-3-4-2/h5H,1-4H3,(H,9,12)(H,10,11);5H,1-4H3;3H,1-2H3/t5-;;/m0../s1. The molecule has 3 N–H and O–H groups in total. The zero-order chi connectivity index (χ0) is 21.5. The maximum Gasteiger partial charge on any atom is 0.408 e. The van der Waals surface area contributed by atoms with Crippen LogP contribution in [-0.4, -0.2) is 68.1 Å². The van der Waals surface area contributed by atoms with Gasteiger partial charge in [0.1, 0.15) is 11.6 Å². The number of alkyl carbamates (subject to hydrolysis) is 1. The van der Waals surface area contributed by atoms with Gasteiger partial charge in [-0.1, -0.05) is 13.8 Å². The fourth-order valence-corrected chi connectivity index (χ4v) is 1.000. The third-order valence-electron chi connectivity index (χ3n) is 2.39. The smallest absolute Gasteiger partial charge is 0.408 e. The van der Waals surface area contributed by atoms with Gasteiger partial charge in [0.2, 0.25) is 5.91 Å². The zero-order valence-electron chi connectivity index (χ0n) is 17.5. The molecule has 0 aliphatic rings. The van der Waals surface area contributed by atoms with Crippen LogP contribution in [0.3, 0.4) is 0 Å². The van der Waals surface area contributed by atoms with Crippen LogP contribution in [0, 0.1) is 5.92 Å². The van der Waals surface area contributed by atoms with E-state index in [1.54, 1.807) is 42.0 Å². The Balaban J connectivity index is -0.000000352. The molecule has 0 unspecified atom stereocenters. The summed E-state index contributed by atoms with van der Waals surface area (Å²) in [6, 6.07) is -0.935. The number of carboxylic acid groups (broad SMARTS) is 1. The van der Waals surface area contributed by atoms with Crippen molar-refractivity contribution in [3.8, 4) is 0 Å². The molecule has 0 saturated heterocycles. The molecule has 10 nitrogen and oxygen atoms in total. The van der Waals surface area contributed by atoms with Crippen LogP contribution in [0.5, 0.6) is 0 Å². The second kappa shape index (κ2) is 15.4. The van der Waals surface area contributed by atoms with Gasteiger partial charge in [-0.3, -0.25) is 14.4 Å². The van der Waals surface area contributed by atoms with Crippen molar-refractivity contribution >= 4 is 18.0 Å². The van der Waals surface area contributed by atoms with Crippen molar-refractivity contribution in [2.45, 2.75) is 53.2 Å². The van der Waals surface area contributed by atoms with Crippen LogP contribution in [0.2, 0.25) is 0 Å². The lowest BCUT2D eigenvalue weighted by atomic mass is 10.2. The van der Waals surface area contributed by atoms with Gasteiger partial charge < -0.3 is 20.0 Å². The van der Waals surface area contributed by atoms with Crippen LogP contribution in [0.4, 0.5) is 4.79 Å². The van der Waals surface area contributed by atoms with Crippen molar-refractivity contribution in [1.29, 1.82) is 0 Å². The first kappa shape index (κ1) is 28.9. The molecular weight excluding hydrogens is 346 g/mol. The van der Waals surface area contributed by atoms with Gasteiger partial charge in [-0.2, -0.15) is 0 Å². The number of carbonyl (C=O) groups is 3. The summed E-state index contributed by atoms with van der Waals surface area (Å²) in [6.45, 7) is 10.1. The predicted molar refractivity (Wildman–Crippen MR) is 97.2 cm³/mol. The zero-order valence-corrected chi connectivity index (χ0v) is 17.5. The minimum Gasteiger partial charge on any atom is -0.480 e. The van der Waals surface area contributed by atoms with Gasteiger partial charge in [-0.05, 0) is 27.7 Å². The molecule has 0 fully saturated rings. The van der Waals surface area contributed by atoms with E-state index in [2.05, 4.69) is 20.5 Å². The van der Waals surface area contributed by atoms with Crippen LogP contribution in [0.15, 0.2) is 0 Å². The van der Waals surface area contributed by atoms with E-state index in [-0.39, 0.29) is 11.8 Å². The van der Waals surface area contributed by atoms with Crippen molar-refractivity contribution in [1.82, 2.24) is 15.9 Å². The van der Waals surface area contributed by atoms with Crippen LogP contribution in [-0.2, 0) is 24.0 Å². The highest BCUT2D eigenvalue weighted by molar-refractivity contribution is 5.79. The van der Waals surface area contributed by atoms with Crippen LogP contribution >= 0.6 is 0 Å². The second-order valence-electron chi connectivity index (χ2n) is 6.29. The molecule has 1 atom stereocenters. The van der Waals surface area contributed by atoms with Crippen molar-refractivity contribution in [2.75, 3.05) is 28.3 Å². The Kier molecular flexibility index (Phi) is 17.1. The first-order valence-corrected chi connectivity index (χ1v) is 7.97. The summed E-state index contributed by atoms with van der Waals surface area (Å²) in [4.78, 5) is 41.1. The largest absolute Gasteiger partial charge is 0.480 e. The molecule has 0 rings (SSSR count). The summed E-state index contributed by atoms with van der Waals surface area (Å²) in [5, 5.41) is 11.9. The molecule has 26 heavy (non-hydrogen) atoms. The number of carbonyl (C=O) groups excluding carboxylic acids is 2. The summed E-state index contributed by atoms with van der Waals surface area (Å²) in [7, 11) is 6.35. The molecule has 0 spiro atoms. The number of nitrogens with zero attached hydrogens (tertiary/aromatic N) is 1. The third kappa shape index (κ3) is 20.1. The Morgan fingerprint density at radius 2 is 1.50 bits per heavy atom. The van der Waals surface area contributed by atoms with Gasteiger partial charge in [0, 0.05) is 20.0 Å². The van der Waals surface area contributed by atoms with E-state index < -0.39 is 23.7 Å². The average Bonchev–Trinajstić information content (AvgIpc) is 2.51. The number of rotatable bonds is 5. The Bertz CT molecular complexity index is 407. The Morgan fingerprint density at radius 1 is 1.08 bits per heavy atom. The van der Waals surface area contributed by atoms with E-state index >= 15 is 0 Å². The molecule has 0 aliphatic carbocycles. The van der Waals surface area contributed by atoms with Crippen molar-refractivity contribution in [3.05, 3.63) is 0 Å². The normalized spacial score (nSPS) is 11.2. The third-order valence-corrected chi connectivity index (χ3v) is 2.39. The van der Waals surface area contributed by atoms with E-state index in [0.29, 0.717) is 0 Å². The van der Waals surface area contributed by atoms with E-state index in [1.807, 2.05) is 13.8 Å². The average molecular weight is 381 g/mol. The highest BCUT2D eigenvalue weighted by Crippen LogP contribution is 2.06.